The van der Waals surface area contributed by atoms with Crippen molar-refractivity contribution in [2.24, 2.45) is 5.73 Å². The first-order chi connectivity index (χ1) is 14.5. The minimum Gasteiger partial charge on any atom is -0.489 e. The zero-order valence-corrected chi connectivity index (χ0v) is 19.2. The highest BCUT2D eigenvalue weighted by Gasteiger charge is 2.20. The van der Waals surface area contributed by atoms with Crippen LogP contribution >= 0.6 is 24.0 Å². The van der Waals surface area contributed by atoms with E-state index in [1.165, 1.54) is 5.56 Å². The summed E-state index contributed by atoms with van der Waals surface area (Å²) in [4.78, 5) is 18.5. The molecule has 7 heteroatoms. The maximum absolute atomic E-state index is 12.9. The minimum atomic E-state index is -0.238. The number of nitrogens with zero attached hydrogens (tertiary/aromatic N) is 2. The van der Waals surface area contributed by atoms with E-state index in [9.17, 15) is 4.79 Å². The number of hydrogen-bond donors (Lipinski definition) is 1. The second-order valence-electron chi connectivity index (χ2n) is 7.27. The van der Waals surface area contributed by atoms with Crippen molar-refractivity contribution in [3.63, 3.8) is 0 Å². The van der Waals surface area contributed by atoms with E-state index in [2.05, 4.69) is 43.1 Å². The van der Waals surface area contributed by atoms with Crippen molar-refractivity contribution in [3.05, 3.63) is 88.7 Å². The van der Waals surface area contributed by atoms with Gasteiger partial charge in [-0.3, -0.25) is 4.79 Å². The molecule has 0 fully saturated rings. The summed E-state index contributed by atoms with van der Waals surface area (Å²) in [5.74, 6) is 0.997. The fourth-order valence-electron chi connectivity index (χ4n) is 3.06. The number of carbonyl (C=O) groups excluding carboxylic acids is 1. The summed E-state index contributed by atoms with van der Waals surface area (Å²) in [5, 5.41) is 0.174. The van der Waals surface area contributed by atoms with E-state index in [4.69, 9.17) is 22.1 Å². The van der Waals surface area contributed by atoms with Gasteiger partial charge in [0.15, 0.2) is 0 Å². The molecule has 0 spiro atoms. The Morgan fingerprint density at radius 2 is 1.77 bits per heavy atom. The van der Waals surface area contributed by atoms with E-state index < -0.39 is 0 Å². The lowest BCUT2D eigenvalue weighted by Crippen LogP contribution is -2.35. The molecule has 3 rings (SSSR count). The largest absolute Gasteiger partial charge is 0.489 e. The van der Waals surface area contributed by atoms with Gasteiger partial charge in [0.1, 0.15) is 17.5 Å². The average molecular weight is 460 g/mol. The van der Waals surface area contributed by atoms with Crippen LogP contribution < -0.4 is 15.4 Å². The molecule has 0 radical (unpaired) electrons. The SMILES string of the molecule is CC(C)c1ccc(COc2ccc(N(CCN)C(=O)c3cccnc3Cl)cc2)cc1.Cl. The molecule has 0 saturated carbocycles. The summed E-state index contributed by atoms with van der Waals surface area (Å²) in [6.07, 6.45) is 1.55. The lowest BCUT2D eigenvalue weighted by atomic mass is 10.0. The van der Waals surface area contributed by atoms with Gasteiger partial charge in [-0.15, -0.1) is 12.4 Å². The molecule has 0 aliphatic heterocycles. The molecular weight excluding hydrogens is 433 g/mol. The number of pyridine rings is 1. The predicted octanol–water partition coefficient (Wildman–Crippen LogP) is 5.46. The van der Waals surface area contributed by atoms with Gasteiger partial charge < -0.3 is 15.4 Å². The van der Waals surface area contributed by atoms with Crippen LogP contribution in [-0.2, 0) is 6.61 Å². The number of amides is 1. The van der Waals surface area contributed by atoms with E-state index in [0.29, 0.717) is 31.2 Å². The van der Waals surface area contributed by atoms with E-state index in [-0.39, 0.29) is 23.5 Å². The molecule has 3 aromatic rings. The van der Waals surface area contributed by atoms with Crippen molar-refractivity contribution in [1.29, 1.82) is 0 Å². The number of hydrogen-bond acceptors (Lipinski definition) is 4. The second-order valence-corrected chi connectivity index (χ2v) is 7.62. The molecule has 2 N–H and O–H groups in total. The minimum absolute atomic E-state index is 0. The maximum Gasteiger partial charge on any atom is 0.261 e. The molecule has 5 nitrogen and oxygen atoms in total. The van der Waals surface area contributed by atoms with Crippen LogP contribution in [0.5, 0.6) is 5.75 Å². The van der Waals surface area contributed by atoms with Crippen LogP contribution in [0.2, 0.25) is 5.15 Å². The van der Waals surface area contributed by atoms with Crippen molar-refractivity contribution >= 4 is 35.6 Å². The van der Waals surface area contributed by atoms with Crippen LogP contribution in [0.15, 0.2) is 66.9 Å². The number of anilines is 1. The van der Waals surface area contributed by atoms with Crippen LogP contribution in [0.25, 0.3) is 0 Å². The number of rotatable bonds is 8. The summed E-state index contributed by atoms with van der Waals surface area (Å²) in [5.41, 5.74) is 9.20. The van der Waals surface area contributed by atoms with Gasteiger partial charge in [-0.05, 0) is 53.4 Å². The Hall–Kier alpha value is -2.60. The van der Waals surface area contributed by atoms with Crippen LogP contribution in [0.4, 0.5) is 5.69 Å². The summed E-state index contributed by atoms with van der Waals surface area (Å²) < 4.78 is 5.89. The molecule has 164 valence electrons. The van der Waals surface area contributed by atoms with Gasteiger partial charge >= 0.3 is 0 Å². The standard InChI is InChI=1S/C24H26ClN3O2.ClH/c1-17(2)19-7-5-18(6-8-19)16-30-21-11-9-20(10-12-21)28(15-13-26)24(29)22-4-3-14-27-23(22)25;/h3-12,14,17H,13,15-16,26H2,1-2H3;1H. The van der Waals surface area contributed by atoms with Gasteiger partial charge in [0, 0.05) is 25.0 Å². The molecule has 1 aromatic heterocycles. The van der Waals surface area contributed by atoms with E-state index in [1.54, 1.807) is 23.2 Å². The topological polar surface area (TPSA) is 68.5 Å². The molecule has 1 heterocycles. The van der Waals surface area contributed by atoms with Crippen molar-refractivity contribution < 1.29 is 9.53 Å². The van der Waals surface area contributed by atoms with Gasteiger partial charge in [0.2, 0.25) is 0 Å². The zero-order chi connectivity index (χ0) is 21.5. The number of ether oxygens (including phenoxy) is 1. The third-order valence-corrected chi connectivity index (χ3v) is 5.09. The molecule has 2 aromatic carbocycles. The number of nitrogens with two attached hydrogens (primary N) is 1. The van der Waals surface area contributed by atoms with Crippen LogP contribution in [0.3, 0.4) is 0 Å². The second kappa shape index (κ2) is 11.7. The number of aromatic nitrogens is 1. The number of carbonyl (C=O) groups is 1. The highest BCUT2D eigenvalue weighted by Crippen LogP contribution is 2.24. The van der Waals surface area contributed by atoms with Gasteiger partial charge in [0.05, 0.1) is 5.56 Å². The molecule has 0 unspecified atom stereocenters. The molecule has 1 amide bonds. The fraction of sp³-hybridized carbons (Fsp3) is 0.250. The van der Waals surface area contributed by atoms with Crippen molar-refractivity contribution in [3.8, 4) is 5.75 Å². The Labute approximate surface area is 194 Å². The van der Waals surface area contributed by atoms with E-state index >= 15 is 0 Å². The highest BCUT2D eigenvalue weighted by atomic mass is 35.5. The first-order valence-corrected chi connectivity index (χ1v) is 10.3. The van der Waals surface area contributed by atoms with Gasteiger partial charge in [-0.2, -0.15) is 0 Å². The average Bonchev–Trinajstić information content (AvgIpc) is 2.77. The maximum atomic E-state index is 12.9. The Balaban J connectivity index is 0.00000341. The Morgan fingerprint density at radius 1 is 1.10 bits per heavy atom. The highest BCUT2D eigenvalue weighted by molar-refractivity contribution is 6.33. The summed E-state index contributed by atoms with van der Waals surface area (Å²) in [6, 6.07) is 19.2. The zero-order valence-electron chi connectivity index (χ0n) is 17.6. The molecule has 31 heavy (non-hydrogen) atoms. The van der Waals surface area contributed by atoms with Crippen molar-refractivity contribution in [2.45, 2.75) is 26.4 Å². The number of halogens is 2. The monoisotopic (exact) mass is 459 g/mol. The molecule has 0 aliphatic carbocycles. The quantitative estimate of drug-likeness (QED) is 0.453. The predicted molar refractivity (Wildman–Crippen MR) is 129 cm³/mol. The van der Waals surface area contributed by atoms with Gasteiger partial charge in [-0.25, -0.2) is 4.98 Å². The first-order valence-electron chi connectivity index (χ1n) is 9.93. The first kappa shape index (κ1) is 24.7. The normalized spacial score (nSPS) is 10.5. The lowest BCUT2D eigenvalue weighted by Gasteiger charge is -2.23. The lowest BCUT2D eigenvalue weighted by molar-refractivity contribution is 0.0987. The third kappa shape index (κ3) is 6.44. The number of benzene rings is 2. The summed E-state index contributed by atoms with van der Waals surface area (Å²) >= 11 is 6.09. The van der Waals surface area contributed by atoms with Gasteiger partial charge in [-0.1, -0.05) is 49.7 Å². The third-order valence-electron chi connectivity index (χ3n) is 4.79. The van der Waals surface area contributed by atoms with E-state index in [0.717, 1.165) is 17.0 Å². The Bertz CT molecular complexity index is 977. The Morgan fingerprint density at radius 3 is 2.35 bits per heavy atom. The summed E-state index contributed by atoms with van der Waals surface area (Å²) in [7, 11) is 0. The fourth-order valence-corrected chi connectivity index (χ4v) is 3.26. The molecule has 0 saturated heterocycles. The van der Waals surface area contributed by atoms with Crippen LogP contribution in [0.1, 0.15) is 41.3 Å². The summed E-state index contributed by atoms with van der Waals surface area (Å²) in [6.45, 7) is 5.52. The smallest absolute Gasteiger partial charge is 0.261 e. The van der Waals surface area contributed by atoms with Crippen LogP contribution in [-0.4, -0.2) is 24.0 Å². The van der Waals surface area contributed by atoms with Gasteiger partial charge in [0.25, 0.3) is 5.91 Å². The van der Waals surface area contributed by atoms with Crippen LogP contribution in [0, 0.1) is 0 Å². The molecule has 0 aliphatic rings. The molecular formula is C24H27Cl2N3O2. The van der Waals surface area contributed by atoms with Crippen molar-refractivity contribution in [2.75, 3.05) is 18.0 Å². The molecule has 0 bridgehead atoms. The van der Waals surface area contributed by atoms with E-state index in [1.807, 2.05) is 24.3 Å². The Kier molecular flexibility index (Phi) is 9.31. The molecule has 0 atom stereocenters. The van der Waals surface area contributed by atoms with Crippen molar-refractivity contribution in [1.82, 2.24) is 4.98 Å².